The molecule has 2 aliphatic heterocycles. The number of morpholine rings is 1. The van der Waals surface area contributed by atoms with E-state index in [1.54, 1.807) is 18.3 Å². The van der Waals surface area contributed by atoms with E-state index in [4.69, 9.17) is 31.0 Å². The second kappa shape index (κ2) is 10.6. The average molecular weight is 531 g/mol. The van der Waals surface area contributed by atoms with Gasteiger partial charge in [0.1, 0.15) is 17.4 Å². The molecule has 2 saturated heterocycles. The molecule has 0 aliphatic carbocycles. The Kier molecular flexibility index (Phi) is 7.30. The number of anilines is 3. The van der Waals surface area contributed by atoms with Crippen molar-refractivity contribution in [2.75, 3.05) is 60.6 Å². The number of aromatic nitrogens is 3. The van der Waals surface area contributed by atoms with Crippen LogP contribution in [0.5, 0.6) is 5.75 Å². The summed E-state index contributed by atoms with van der Waals surface area (Å²) in [6.45, 7) is 7.55. The molecule has 2 fully saturated rings. The zero-order valence-electron chi connectivity index (χ0n) is 20.8. The minimum absolute atomic E-state index is 0.0762. The number of halogens is 3. The van der Waals surface area contributed by atoms with Crippen LogP contribution in [0, 0.1) is 0 Å². The minimum Gasteiger partial charge on any atom is -0.433 e. The van der Waals surface area contributed by atoms with Crippen LogP contribution in [-0.4, -0.2) is 73.0 Å². The zero-order chi connectivity index (χ0) is 26.0. The Hall–Kier alpha value is -3.24. The highest BCUT2D eigenvalue weighted by molar-refractivity contribution is 6.32. The van der Waals surface area contributed by atoms with Crippen LogP contribution in [0.3, 0.4) is 0 Å². The van der Waals surface area contributed by atoms with E-state index in [-0.39, 0.29) is 11.8 Å². The van der Waals surface area contributed by atoms with Gasteiger partial charge in [-0.1, -0.05) is 23.7 Å². The van der Waals surface area contributed by atoms with E-state index in [2.05, 4.69) is 26.6 Å². The molecule has 196 valence electrons. The van der Waals surface area contributed by atoms with Crippen LogP contribution in [0.2, 0.25) is 5.02 Å². The third-order valence-electron chi connectivity index (χ3n) is 6.38. The van der Waals surface area contributed by atoms with Gasteiger partial charge in [-0.15, -0.1) is 0 Å². The van der Waals surface area contributed by atoms with E-state index in [0.717, 1.165) is 31.6 Å². The van der Waals surface area contributed by atoms with Crippen LogP contribution < -0.4 is 19.4 Å². The van der Waals surface area contributed by atoms with Crippen molar-refractivity contribution in [2.45, 2.75) is 26.0 Å². The summed E-state index contributed by atoms with van der Waals surface area (Å²) < 4.78 is 37.3. The fraction of sp³-hybridized carbons (Fsp3) is 0.423. The topological polar surface area (TPSA) is 66.9 Å². The van der Waals surface area contributed by atoms with Gasteiger partial charge in [0.05, 0.1) is 23.9 Å². The average Bonchev–Trinajstić information content (AvgIpc) is 2.88. The summed E-state index contributed by atoms with van der Waals surface area (Å²) in [6.07, 6.45) is -1.53. The van der Waals surface area contributed by atoms with E-state index in [1.165, 1.54) is 6.07 Å². The monoisotopic (exact) mass is 530 g/mol. The summed E-state index contributed by atoms with van der Waals surface area (Å²) in [7, 11) is 0. The van der Waals surface area contributed by atoms with E-state index in [0.29, 0.717) is 55.1 Å². The van der Waals surface area contributed by atoms with Gasteiger partial charge >= 0.3 is 6.11 Å². The maximum Gasteiger partial charge on any atom is 0.394 e. The van der Waals surface area contributed by atoms with Crippen molar-refractivity contribution in [1.29, 1.82) is 0 Å². The number of piperazine rings is 1. The molecule has 0 radical (unpaired) electrons. The van der Waals surface area contributed by atoms with Crippen molar-refractivity contribution in [3.63, 3.8) is 0 Å². The second-order valence-corrected chi connectivity index (χ2v) is 9.65. The molecule has 0 bridgehead atoms. The van der Waals surface area contributed by atoms with Gasteiger partial charge in [-0.3, -0.25) is 0 Å². The molecule has 5 rings (SSSR count). The third kappa shape index (κ3) is 6.02. The molecule has 0 amide bonds. The van der Waals surface area contributed by atoms with Crippen molar-refractivity contribution in [3.8, 4) is 17.0 Å². The Morgan fingerprint density at radius 2 is 1.84 bits per heavy atom. The highest BCUT2D eigenvalue weighted by Gasteiger charge is 2.28. The molecular weight excluding hydrogens is 502 g/mol. The number of rotatable bonds is 6. The van der Waals surface area contributed by atoms with Gasteiger partial charge < -0.3 is 24.2 Å². The van der Waals surface area contributed by atoms with Gasteiger partial charge in [0.15, 0.2) is 0 Å². The fourth-order valence-corrected chi connectivity index (χ4v) is 4.89. The summed E-state index contributed by atoms with van der Waals surface area (Å²) in [5.41, 5.74) is 1.31. The van der Waals surface area contributed by atoms with Crippen LogP contribution in [0.1, 0.15) is 13.8 Å². The first kappa shape index (κ1) is 25.4. The van der Waals surface area contributed by atoms with Crippen LogP contribution in [0.25, 0.3) is 11.3 Å². The number of benzene rings is 1. The van der Waals surface area contributed by atoms with Crippen molar-refractivity contribution in [2.24, 2.45) is 0 Å². The van der Waals surface area contributed by atoms with Crippen LogP contribution in [-0.2, 0) is 4.74 Å². The zero-order valence-corrected chi connectivity index (χ0v) is 21.5. The highest BCUT2D eigenvalue weighted by atomic mass is 35.5. The number of hydrogen-bond acceptors (Lipinski definition) is 8. The molecule has 0 saturated carbocycles. The van der Waals surface area contributed by atoms with Gasteiger partial charge in [-0.25, -0.2) is 9.97 Å². The summed E-state index contributed by atoms with van der Waals surface area (Å²) in [5.74, 6) is 2.22. The molecule has 0 unspecified atom stereocenters. The van der Waals surface area contributed by atoms with Gasteiger partial charge in [0.25, 0.3) is 0 Å². The Morgan fingerprint density at radius 1 is 1.03 bits per heavy atom. The van der Waals surface area contributed by atoms with E-state index < -0.39 is 6.11 Å². The van der Waals surface area contributed by atoms with Crippen molar-refractivity contribution >= 4 is 29.2 Å². The first-order chi connectivity index (χ1) is 17.8. The molecular formula is C26H29ClF2N6O2. The van der Waals surface area contributed by atoms with Gasteiger partial charge in [0, 0.05) is 63.5 Å². The van der Waals surface area contributed by atoms with Gasteiger partial charge in [0.2, 0.25) is 5.95 Å². The lowest BCUT2D eigenvalue weighted by Gasteiger charge is -2.41. The number of pyridine rings is 1. The lowest BCUT2D eigenvalue weighted by Crippen LogP contribution is -2.53. The first-order valence-electron chi connectivity index (χ1n) is 12.3. The molecule has 1 atom stereocenters. The molecule has 37 heavy (non-hydrogen) atoms. The van der Waals surface area contributed by atoms with Gasteiger partial charge in [-0.05, 0) is 31.2 Å². The molecule has 3 aromatic rings. The van der Waals surface area contributed by atoms with Crippen molar-refractivity contribution < 1.29 is 18.3 Å². The Morgan fingerprint density at radius 3 is 2.57 bits per heavy atom. The quantitative estimate of drug-likeness (QED) is 0.453. The second-order valence-electron chi connectivity index (χ2n) is 9.25. The van der Waals surface area contributed by atoms with Gasteiger partial charge in [-0.2, -0.15) is 13.8 Å². The largest absolute Gasteiger partial charge is 0.433 e. The number of alkyl halides is 2. The van der Waals surface area contributed by atoms with Crippen molar-refractivity contribution in [1.82, 2.24) is 15.0 Å². The van der Waals surface area contributed by atoms with E-state index in [9.17, 15) is 8.78 Å². The predicted molar refractivity (Wildman–Crippen MR) is 140 cm³/mol. The lowest BCUT2D eigenvalue weighted by atomic mass is 10.1. The van der Waals surface area contributed by atoms with Crippen LogP contribution >= 0.6 is 11.6 Å². The minimum atomic E-state index is -3.28. The number of hydrogen-bond donors (Lipinski definition) is 0. The predicted octanol–water partition coefficient (Wildman–Crippen LogP) is 4.74. The molecule has 8 nitrogen and oxygen atoms in total. The summed E-state index contributed by atoms with van der Waals surface area (Å²) >= 11 is 6.40. The van der Waals surface area contributed by atoms with Crippen molar-refractivity contribution in [3.05, 3.63) is 53.7 Å². The molecule has 0 spiro atoms. The van der Waals surface area contributed by atoms with Crippen LogP contribution in [0.15, 0.2) is 48.7 Å². The third-order valence-corrected chi connectivity index (χ3v) is 6.68. The molecule has 0 N–H and O–H groups in total. The Labute approximate surface area is 219 Å². The molecule has 2 aliphatic rings. The normalized spacial score (nSPS) is 18.7. The number of nitrogens with zero attached hydrogens (tertiary/aromatic N) is 6. The first-order valence-corrected chi connectivity index (χ1v) is 12.7. The summed E-state index contributed by atoms with van der Waals surface area (Å²) in [5, 5.41) is 0.627. The molecule has 1 aromatic carbocycles. The molecule has 2 aromatic heterocycles. The summed E-state index contributed by atoms with van der Waals surface area (Å²) in [4.78, 5) is 20.7. The summed E-state index contributed by atoms with van der Waals surface area (Å²) in [6, 6.07) is 12.3. The Balaban J connectivity index is 1.47. The van der Waals surface area contributed by atoms with E-state index >= 15 is 0 Å². The molecule has 4 heterocycles. The maximum atomic E-state index is 13.5. The standard InChI is InChI=1S/C26H29ClF2N6O2/c1-18-17-34(24-21(27)7-4-8-30-24)9-10-35(18)23-16-22(31-25(32-23)33-11-13-36-14-12-33)19-5-3-6-20(15-19)37-26(2,28)29/h3-8,15-16,18H,9-14,17H2,1-2H3/t18-/m1/s1. The maximum absolute atomic E-state index is 13.5. The fourth-order valence-electron chi connectivity index (χ4n) is 4.65. The van der Waals surface area contributed by atoms with E-state index in [1.807, 2.05) is 24.3 Å². The molecule has 11 heteroatoms. The smallest absolute Gasteiger partial charge is 0.394 e. The highest BCUT2D eigenvalue weighted by Crippen LogP contribution is 2.32. The Bertz CT molecular complexity index is 1240. The number of ether oxygens (including phenoxy) is 2. The SMILES string of the molecule is C[C@@H]1CN(c2ncccc2Cl)CCN1c1cc(-c2cccc(OC(C)(F)F)c2)nc(N2CCOCC2)n1. The van der Waals surface area contributed by atoms with Crippen LogP contribution in [0.4, 0.5) is 26.4 Å². The lowest BCUT2D eigenvalue weighted by molar-refractivity contribution is -0.158.